The quantitative estimate of drug-likeness (QED) is 0.926. The molecule has 5 nitrogen and oxygen atoms in total. The summed E-state index contributed by atoms with van der Waals surface area (Å²) in [5.41, 5.74) is 1.34. The van der Waals surface area contributed by atoms with E-state index in [1.165, 1.54) is 0 Å². The number of hydrogen-bond acceptors (Lipinski definition) is 3. The number of benzene rings is 1. The zero-order valence-corrected chi connectivity index (χ0v) is 13.7. The molecule has 2 fully saturated rings. The zero-order valence-electron chi connectivity index (χ0n) is 13.7. The van der Waals surface area contributed by atoms with Crippen molar-refractivity contribution in [2.45, 2.75) is 33.1 Å². The highest BCUT2D eigenvalue weighted by atomic mass is 16.5. The lowest BCUT2D eigenvalue weighted by atomic mass is 9.81. The summed E-state index contributed by atoms with van der Waals surface area (Å²) >= 11 is 0. The predicted molar refractivity (Wildman–Crippen MR) is 85.4 cm³/mol. The molecule has 0 unspecified atom stereocenters. The van der Waals surface area contributed by atoms with Crippen molar-refractivity contribution < 1.29 is 19.4 Å². The van der Waals surface area contributed by atoms with Gasteiger partial charge in [0.1, 0.15) is 5.75 Å². The Bertz CT molecular complexity index is 642. The van der Waals surface area contributed by atoms with E-state index in [2.05, 4.69) is 0 Å². The van der Waals surface area contributed by atoms with Crippen LogP contribution in [0.4, 0.5) is 0 Å². The van der Waals surface area contributed by atoms with Gasteiger partial charge in [-0.25, -0.2) is 0 Å². The molecule has 1 heterocycles. The van der Waals surface area contributed by atoms with Crippen LogP contribution in [0.25, 0.3) is 0 Å². The third-order valence-electron chi connectivity index (χ3n) is 5.34. The maximum atomic E-state index is 12.4. The van der Waals surface area contributed by atoms with Crippen molar-refractivity contribution in [3.8, 4) is 5.75 Å². The predicted octanol–water partition coefficient (Wildman–Crippen LogP) is 2.40. The number of fused-ring (bicyclic) bond motifs is 1. The minimum Gasteiger partial charge on any atom is -0.483 e. The van der Waals surface area contributed by atoms with E-state index in [-0.39, 0.29) is 18.4 Å². The Kier molecular flexibility index (Phi) is 4.04. The Morgan fingerprint density at radius 1 is 1.39 bits per heavy atom. The van der Waals surface area contributed by atoms with Gasteiger partial charge in [0.15, 0.2) is 6.61 Å². The number of aliphatic carboxylic acids is 1. The lowest BCUT2D eigenvalue weighted by Crippen LogP contribution is -2.38. The molecule has 23 heavy (non-hydrogen) atoms. The van der Waals surface area contributed by atoms with Crippen LogP contribution in [-0.4, -0.2) is 41.6 Å². The maximum absolute atomic E-state index is 12.4. The molecule has 2 aliphatic rings. The van der Waals surface area contributed by atoms with Crippen molar-refractivity contribution in [3.63, 3.8) is 0 Å². The van der Waals surface area contributed by atoms with Crippen molar-refractivity contribution in [2.75, 3.05) is 19.7 Å². The number of aryl methyl sites for hydroxylation is 2. The Hall–Kier alpha value is -2.04. The molecular weight excluding hydrogens is 294 g/mol. The number of amides is 1. The molecule has 1 aliphatic carbocycles. The van der Waals surface area contributed by atoms with Crippen LogP contribution in [-0.2, 0) is 9.59 Å². The summed E-state index contributed by atoms with van der Waals surface area (Å²) in [5.74, 6) is -0.0815. The van der Waals surface area contributed by atoms with E-state index in [9.17, 15) is 14.7 Å². The van der Waals surface area contributed by atoms with Gasteiger partial charge in [-0.15, -0.1) is 0 Å². The second-order valence-corrected chi connectivity index (χ2v) is 6.88. The van der Waals surface area contributed by atoms with Crippen molar-refractivity contribution in [3.05, 3.63) is 29.3 Å². The molecule has 1 saturated heterocycles. The van der Waals surface area contributed by atoms with Crippen molar-refractivity contribution in [2.24, 2.45) is 11.3 Å². The highest BCUT2D eigenvalue weighted by molar-refractivity contribution is 5.82. The van der Waals surface area contributed by atoms with E-state index in [0.717, 1.165) is 24.0 Å². The van der Waals surface area contributed by atoms with Crippen molar-refractivity contribution in [1.82, 2.24) is 4.90 Å². The van der Waals surface area contributed by atoms with Crippen LogP contribution in [0.15, 0.2) is 18.2 Å². The van der Waals surface area contributed by atoms with E-state index < -0.39 is 11.4 Å². The molecule has 124 valence electrons. The van der Waals surface area contributed by atoms with Crippen LogP contribution < -0.4 is 4.74 Å². The summed E-state index contributed by atoms with van der Waals surface area (Å²) in [6.07, 6.45) is 2.51. The molecule has 1 aromatic rings. The number of nitrogens with zero attached hydrogens (tertiary/aromatic N) is 1. The number of carbonyl (C=O) groups excluding carboxylic acids is 1. The second kappa shape index (κ2) is 5.87. The first kappa shape index (κ1) is 15.8. The topological polar surface area (TPSA) is 66.8 Å². The van der Waals surface area contributed by atoms with E-state index in [0.29, 0.717) is 25.3 Å². The smallest absolute Gasteiger partial charge is 0.311 e. The molecule has 0 bridgehead atoms. The lowest BCUT2D eigenvalue weighted by Gasteiger charge is -2.23. The number of hydrogen-bond donors (Lipinski definition) is 1. The van der Waals surface area contributed by atoms with Crippen LogP contribution in [0, 0.1) is 25.2 Å². The number of rotatable bonds is 4. The van der Waals surface area contributed by atoms with E-state index >= 15 is 0 Å². The van der Waals surface area contributed by atoms with Crippen LogP contribution in [0.3, 0.4) is 0 Å². The first-order chi connectivity index (χ1) is 10.9. The Balaban J connectivity index is 1.64. The van der Waals surface area contributed by atoms with Gasteiger partial charge in [0, 0.05) is 13.1 Å². The van der Waals surface area contributed by atoms with Gasteiger partial charge in [-0.05, 0) is 49.8 Å². The van der Waals surface area contributed by atoms with E-state index in [4.69, 9.17) is 4.74 Å². The van der Waals surface area contributed by atoms with Gasteiger partial charge in [0.25, 0.3) is 5.91 Å². The minimum absolute atomic E-state index is 0.0350. The molecule has 1 amide bonds. The largest absolute Gasteiger partial charge is 0.483 e. The Morgan fingerprint density at radius 3 is 2.87 bits per heavy atom. The average molecular weight is 317 g/mol. The fraction of sp³-hybridized carbons (Fsp3) is 0.556. The molecule has 3 rings (SSSR count). The summed E-state index contributed by atoms with van der Waals surface area (Å²) in [6, 6.07) is 5.89. The maximum Gasteiger partial charge on any atom is 0.311 e. The molecule has 2 atom stereocenters. The number of ether oxygens (including phenoxy) is 1. The number of carbonyl (C=O) groups is 2. The molecular formula is C18H23NO4. The zero-order chi connectivity index (χ0) is 16.6. The van der Waals surface area contributed by atoms with Crippen LogP contribution in [0.2, 0.25) is 0 Å². The molecule has 1 N–H and O–H groups in total. The standard InChI is InChI=1S/C18H23NO4/c1-12-5-6-13(2)15(8-12)23-10-16(20)19-9-14-4-3-7-18(14,11-19)17(21)22/h5-6,8,14H,3-4,7,9-11H2,1-2H3,(H,21,22)/t14-,18+/m0/s1. The molecule has 1 aliphatic heterocycles. The molecule has 5 heteroatoms. The van der Waals surface area contributed by atoms with Gasteiger partial charge in [0.05, 0.1) is 5.41 Å². The minimum atomic E-state index is -0.759. The van der Waals surface area contributed by atoms with Gasteiger partial charge in [-0.3, -0.25) is 9.59 Å². The third-order valence-corrected chi connectivity index (χ3v) is 5.34. The highest BCUT2D eigenvalue weighted by Crippen LogP contribution is 2.48. The molecule has 0 radical (unpaired) electrons. The molecule has 0 aromatic heterocycles. The molecule has 0 spiro atoms. The fourth-order valence-electron chi connectivity index (χ4n) is 3.92. The molecule has 1 saturated carbocycles. The van der Waals surface area contributed by atoms with Gasteiger partial charge in [-0.2, -0.15) is 0 Å². The number of likely N-dealkylation sites (tertiary alicyclic amines) is 1. The highest BCUT2D eigenvalue weighted by Gasteiger charge is 2.55. The first-order valence-corrected chi connectivity index (χ1v) is 8.13. The Labute approximate surface area is 136 Å². The summed E-state index contributed by atoms with van der Waals surface area (Å²) in [4.78, 5) is 25.8. The molecule has 1 aromatic carbocycles. The normalized spacial score (nSPS) is 26.2. The van der Waals surface area contributed by atoms with Gasteiger partial charge < -0.3 is 14.7 Å². The fourth-order valence-corrected chi connectivity index (χ4v) is 3.92. The number of carboxylic acid groups (broad SMARTS) is 1. The third kappa shape index (κ3) is 2.80. The summed E-state index contributed by atoms with van der Waals surface area (Å²) in [6.45, 7) is 4.75. The van der Waals surface area contributed by atoms with Crippen LogP contribution >= 0.6 is 0 Å². The van der Waals surface area contributed by atoms with Crippen molar-refractivity contribution >= 4 is 11.9 Å². The summed E-state index contributed by atoms with van der Waals surface area (Å²) in [7, 11) is 0. The van der Waals surface area contributed by atoms with Gasteiger partial charge in [-0.1, -0.05) is 18.6 Å². The van der Waals surface area contributed by atoms with Crippen LogP contribution in [0.5, 0.6) is 5.75 Å². The first-order valence-electron chi connectivity index (χ1n) is 8.13. The average Bonchev–Trinajstić information content (AvgIpc) is 3.06. The van der Waals surface area contributed by atoms with Crippen LogP contribution in [0.1, 0.15) is 30.4 Å². The van der Waals surface area contributed by atoms with Crippen molar-refractivity contribution in [1.29, 1.82) is 0 Å². The SMILES string of the molecule is Cc1ccc(C)c(OCC(=O)N2C[C@@H]3CCC[C@@]3(C(=O)O)C2)c1. The summed E-state index contributed by atoms with van der Waals surface area (Å²) < 4.78 is 5.67. The second-order valence-electron chi connectivity index (χ2n) is 6.88. The summed E-state index contributed by atoms with van der Waals surface area (Å²) in [5, 5.41) is 9.58. The lowest BCUT2D eigenvalue weighted by molar-refractivity contribution is -0.149. The van der Waals surface area contributed by atoms with E-state index in [1.807, 2.05) is 32.0 Å². The number of carboxylic acids is 1. The monoisotopic (exact) mass is 317 g/mol. The van der Waals surface area contributed by atoms with E-state index in [1.54, 1.807) is 4.90 Å². The Morgan fingerprint density at radius 2 is 2.17 bits per heavy atom. The van der Waals surface area contributed by atoms with Gasteiger partial charge >= 0.3 is 5.97 Å². The van der Waals surface area contributed by atoms with Gasteiger partial charge in [0.2, 0.25) is 0 Å².